The maximum atomic E-state index is 4.54. The molecule has 0 amide bonds. The summed E-state index contributed by atoms with van der Waals surface area (Å²) in [6.07, 6.45) is 14.8. The highest BCUT2D eigenvalue weighted by Gasteiger charge is 2.23. The van der Waals surface area contributed by atoms with Crippen LogP contribution in [0.5, 0.6) is 0 Å². The molecular weight excluding hydrogens is 733 g/mol. The van der Waals surface area contributed by atoms with Crippen molar-refractivity contribution in [1.82, 2.24) is 19.9 Å². The van der Waals surface area contributed by atoms with Gasteiger partial charge in [0.25, 0.3) is 0 Å². The fourth-order valence-electron chi connectivity index (χ4n) is 8.80. The Labute approximate surface area is 347 Å². The lowest BCUT2D eigenvalue weighted by molar-refractivity contribution is 1.21. The molecule has 0 bridgehead atoms. The summed E-state index contributed by atoms with van der Waals surface area (Å²) in [7, 11) is 0. The zero-order valence-electron chi connectivity index (χ0n) is 32.5. The highest BCUT2D eigenvalue weighted by atomic mass is 15.2. The van der Waals surface area contributed by atoms with Gasteiger partial charge in [0, 0.05) is 59.9 Å². The quantitative estimate of drug-likeness (QED) is 0.144. The van der Waals surface area contributed by atoms with Crippen molar-refractivity contribution in [2.75, 3.05) is 9.80 Å². The molecule has 0 aliphatic heterocycles. The van der Waals surface area contributed by atoms with E-state index in [4.69, 9.17) is 0 Å². The zero-order valence-corrected chi connectivity index (χ0v) is 32.5. The summed E-state index contributed by atoms with van der Waals surface area (Å²) in [5.41, 5.74) is 10.6. The van der Waals surface area contributed by atoms with Crippen molar-refractivity contribution < 1.29 is 0 Å². The summed E-state index contributed by atoms with van der Waals surface area (Å²) in [5.74, 6) is 0. The predicted molar refractivity (Wildman–Crippen MR) is 248 cm³/mol. The van der Waals surface area contributed by atoms with Gasteiger partial charge in [-0.15, -0.1) is 0 Å². The second-order valence-electron chi connectivity index (χ2n) is 14.8. The molecule has 4 aromatic heterocycles. The number of rotatable bonds is 8. The van der Waals surface area contributed by atoms with Crippen LogP contribution in [0.3, 0.4) is 0 Å². The number of hydrogen-bond donors (Lipinski definition) is 0. The monoisotopic (exact) mass is 768 g/mol. The van der Waals surface area contributed by atoms with Crippen LogP contribution in [-0.4, -0.2) is 19.9 Å². The standard InChI is InChI=1S/C54H36N6/c1-3-15-45-37(9-1)11-5-17-47(45)53-49-21-19-42(60(40-25-31-56-32-26-40)44-14-8-28-58-36-44)34-52(49)54(48-18-6-12-38-10-2-4-16-46(38)48)50-22-20-41(33-51(50)53)59(39-23-29-55-30-24-39)43-13-7-27-57-35-43/h1-36H. The van der Waals surface area contributed by atoms with E-state index in [1.807, 2.05) is 86.0 Å². The minimum Gasteiger partial charge on any atom is -0.309 e. The minimum absolute atomic E-state index is 0.959. The molecule has 282 valence electrons. The number of benzene rings is 7. The number of aromatic nitrogens is 4. The van der Waals surface area contributed by atoms with Gasteiger partial charge < -0.3 is 9.80 Å². The Morgan fingerprint density at radius 3 is 1.13 bits per heavy atom. The molecule has 0 saturated carbocycles. The van der Waals surface area contributed by atoms with Crippen LogP contribution in [-0.2, 0) is 0 Å². The number of nitrogens with zero attached hydrogens (tertiary/aromatic N) is 6. The van der Waals surface area contributed by atoms with E-state index in [9.17, 15) is 0 Å². The van der Waals surface area contributed by atoms with Gasteiger partial charge >= 0.3 is 0 Å². The van der Waals surface area contributed by atoms with Crippen LogP contribution in [0.25, 0.3) is 65.3 Å². The molecule has 11 rings (SSSR count). The molecule has 0 aliphatic carbocycles. The van der Waals surface area contributed by atoms with Crippen molar-refractivity contribution in [2.24, 2.45) is 0 Å². The number of fused-ring (bicyclic) bond motifs is 4. The molecule has 6 heteroatoms. The first kappa shape index (κ1) is 35.0. The van der Waals surface area contributed by atoms with Crippen molar-refractivity contribution in [3.8, 4) is 22.3 Å². The molecule has 0 saturated heterocycles. The predicted octanol–water partition coefficient (Wildman–Crippen LogP) is 14.2. The van der Waals surface area contributed by atoms with Gasteiger partial charge in [-0.2, -0.15) is 0 Å². The maximum Gasteiger partial charge on any atom is 0.0644 e. The first-order valence-electron chi connectivity index (χ1n) is 20.0. The molecule has 0 unspecified atom stereocenters. The van der Waals surface area contributed by atoms with Gasteiger partial charge in [0.05, 0.1) is 23.8 Å². The van der Waals surface area contributed by atoms with Crippen LogP contribution in [0.4, 0.5) is 34.1 Å². The van der Waals surface area contributed by atoms with Gasteiger partial charge in [0.2, 0.25) is 0 Å². The number of pyridine rings is 4. The first-order valence-corrected chi connectivity index (χ1v) is 20.0. The van der Waals surface area contributed by atoms with Crippen molar-refractivity contribution in [1.29, 1.82) is 0 Å². The molecule has 0 N–H and O–H groups in total. The molecule has 4 heterocycles. The van der Waals surface area contributed by atoms with Crippen LogP contribution in [0.15, 0.2) is 219 Å². The lowest BCUT2D eigenvalue weighted by atomic mass is 9.83. The van der Waals surface area contributed by atoms with E-state index in [2.05, 4.69) is 163 Å². The molecule has 11 aromatic rings. The Kier molecular flexibility index (Phi) is 8.71. The largest absolute Gasteiger partial charge is 0.309 e. The van der Waals surface area contributed by atoms with Gasteiger partial charge in [-0.05, 0) is 138 Å². The van der Waals surface area contributed by atoms with E-state index in [1.165, 1.54) is 43.8 Å². The molecule has 0 spiro atoms. The van der Waals surface area contributed by atoms with Gasteiger partial charge in [-0.1, -0.05) is 97.1 Å². The van der Waals surface area contributed by atoms with Crippen molar-refractivity contribution >= 4 is 77.2 Å². The van der Waals surface area contributed by atoms with Crippen LogP contribution < -0.4 is 9.80 Å². The average Bonchev–Trinajstić information content (AvgIpc) is 3.32. The highest BCUT2D eigenvalue weighted by Crippen LogP contribution is 2.50. The van der Waals surface area contributed by atoms with Gasteiger partial charge in [-0.25, -0.2) is 0 Å². The summed E-state index contributed by atoms with van der Waals surface area (Å²) >= 11 is 0. The van der Waals surface area contributed by atoms with Gasteiger partial charge in [0.15, 0.2) is 0 Å². The third kappa shape index (κ3) is 6.06. The minimum atomic E-state index is 0.959. The third-order valence-electron chi connectivity index (χ3n) is 11.4. The average molecular weight is 769 g/mol. The summed E-state index contributed by atoms with van der Waals surface area (Å²) in [5, 5.41) is 9.37. The van der Waals surface area contributed by atoms with E-state index in [-0.39, 0.29) is 0 Å². The second kappa shape index (κ2) is 14.9. The molecule has 60 heavy (non-hydrogen) atoms. The van der Waals surface area contributed by atoms with E-state index in [0.717, 1.165) is 55.7 Å². The Hall–Kier alpha value is -8.22. The fraction of sp³-hybridized carbons (Fsp3) is 0. The van der Waals surface area contributed by atoms with Crippen LogP contribution >= 0.6 is 0 Å². The number of anilines is 6. The molecule has 0 fully saturated rings. The summed E-state index contributed by atoms with van der Waals surface area (Å²) < 4.78 is 0. The van der Waals surface area contributed by atoms with Gasteiger partial charge in [0.1, 0.15) is 0 Å². The highest BCUT2D eigenvalue weighted by molar-refractivity contribution is 6.26. The lowest BCUT2D eigenvalue weighted by Gasteiger charge is -2.28. The van der Waals surface area contributed by atoms with E-state index >= 15 is 0 Å². The lowest BCUT2D eigenvalue weighted by Crippen LogP contribution is -2.11. The maximum absolute atomic E-state index is 4.54. The SMILES string of the molecule is c1cncc(N(c2ccncc2)c2ccc3c(-c4cccc5ccccc45)c4cc(N(c5ccncc5)c5cccnc5)ccc4c(-c4cccc5ccccc45)c3c2)c1. The third-order valence-corrected chi connectivity index (χ3v) is 11.4. The first-order chi connectivity index (χ1) is 29.8. The molecular formula is C54H36N6. The molecule has 0 atom stereocenters. The summed E-state index contributed by atoms with van der Waals surface area (Å²) in [6.45, 7) is 0. The number of hydrogen-bond acceptors (Lipinski definition) is 6. The van der Waals surface area contributed by atoms with E-state index in [0.29, 0.717) is 0 Å². The topological polar surface area (TPSA) is 58.0 Å². The zero-order chi connectivity index (χ0) is 39.8. The molecule has 0 radical (unpaired) electrons. The van der Waals surface area contributed by atoms with Crippen LogP contribution in [0.1, 0.15) is 0 Å². The Balaban J connectivity index is 1.30. The molecule has 0 aliphatic rings. The Morgan fingerprint density at radius 2 is 0.700 bits per heavy atom. The molecule has 6 nitrogen and oxygen atoms in total. The van der Waals surface area contributed by atoms with E-state index < -0.39 is 0 Å². The van der Waals surface area contributed by atoms with Crippen molar-refractivity contribution in [3.63, 3.8) is 0 Å². The van der Waals surface area contributed by atoms with E-state index in [1.54, 1.807) is 0 Å². The smallest absolute Gasteiger partial charge is 0.0644 e. The summed E-state index contributed by atoms with van der Waals surface area (Å²) in [6, 6.07) is 60.9. The Bertz CT molecular complexity index is 3010. The van der Waals surface area contributed by atoms with Crippen molar-refractivity contribution in [3.05, 3.63) is 219 Å². The summed E-state index contributed by atoms with van der Waals surface area (Å²) in [4.78, 5) is 22.3. The Morgan fingerprint density at radius 1 is 0.267 bits per heavy atom. The van der Waals surface area contributed by atoms with Crippen LogP contribution in [0, 0.1) is 0 Å². The van der Waals surface area contributed by atoms with Crippen molar-refractivity contribution in [2.45, 2.75) is 0 Å². The van der Waals surface area contributed by atoms with Gasteiger partial charge in [-0.3, -0.25) is 19.9 Å². The fourth-order valence-corrected chi connectivity index (χ4v) is 8.80. The second-order valence-corrected chi connectivity index (χ2v) is 14.8. The normalized spacial score (nSPS) is 11.3. The van der Waals surface area contributed by atoms with Crippen LogP contribution in [0.2, 0.25) is 0 Å². The molecule has 7 aromatic carbocycles.